The molecule has 4 aliphatic rings. The molecule has 0 spiro atoms. The van der Waals surface area contributed by atoms with Crippen molar-refractivity contribution < 1.29 is 67.3 Å². The normalized spacial score (nSPS) is 27.5. The quantitative estimate of drug-likeness (QED) is 0.263. The maximum Gasteiger partial charge on any atom is 0.435 e. The number of nitrogens with zero attached hydrogens (tertiary/aromatic N) is 1. The van der Waals surface area contributed by atoms with Crippen LogP contribution in [0.15, 0.2) is 53.4 Å². The standard InChI is InChI=1S/C30H29F10NO5S/c31-27(29(35,36)37,30(38,39)40)19-6-4-18(5-7-19)26(47(45,46)21-3-1-2-20(16-21)28(32,33)34)14-15-41(17-26)22(42)24-8-11-25(12-9-24,13-10-24)23(43)44/h1-7,16,23,43-44H,8-15,17H2. The fourth-order valence-electron chi connectivity index (χ4n) is 7.38. The molecule has 6 rings (SSSR count). The fourth-order valence-corrected chi connectivity index (χ4v) is 9.50. The third-order valence-electron chi connectivity index (χ3n) is 10.4. The Balaban J connectivity index is 1.58. The van der Waals surface area contributed by atoms with Crippen LogP contribution < -0.4 is 0 Å². The summed E-state index contributed by atoms with van der Waals surface area (Å²) in [6.45, 7) is -0.995. The molecular formula is C30H29F10NO5S. The van der Waals surface area contributed by atoms with Crippen LogP contribution in [0.1, 0.15) is 61.6 Å². The Bertz CT molecular complexity index is 1600. The van der Waals surface area contributed by atoms with Gasteiger partial charge in [-0.3, -0.25) is 4.79 Å². The van der Waals surface area contributed by atoms with Crippen LogP contribution in [0.2, 0.25) is 0 Å². The molecule has 260 valence electrons. The van der Waals surface area contributed by atoms with E-state index in [9.17, 15) is 67.3 Å². The molecule has 6 nitrogen and oxygen atoms in total. The zero-order valence-electron chi connectivity index (χ0n) is 24.3. The number of aliphatic hydroxyl groups excluding tert-OH is 1. The second-order valence-electron chi connectivity index (χ2n) is 12.7. The van der Waals surface area contributed by atoms with Gasteiger partial charge < -0.3 is 15.1 Å². The van der Waals surface area contributed by atoms with E-state index in [0.29, 0.717) is 24.3 Å². The van der Waals surface area contributed by atoms with Gasteiger partial charge in [0.2, 0.25) is 5.91 Å². The van der Waals surface area contributed by atoms with Crippen molar-refractivity contribution in [3.05, 3.63) is 65.2 Å². The van der Waals surface area contributed by atoms with E-state index in [2.05, 4.69) is 0 Å². The minimum Gasteiger partial charge on any atom is -0.368 e. The largest absolute Gasteiger partial charge is 0.435 e. The zero-order valence-corrected chi connectivity index (χ0v) is 25.1. The monoisotopic (exact) mass is 705 g/mol. The van der Waals surface area contributed by atoms with Gasteiger partial charge in [0.25, 0.3) is 0 Å². The molecule has 2 aromatic rings. The van der Waals surface area contributed by atoms with Gasteiger partial charge in [-0.25, -0.2) is 12.8 Å². The van der Waals surface area contributed by atoms with Crippen molar-refractivity contribution in [2.24, 2.45) is 10.8 Å². The first kappa shape index (κ1) is 35.4. The van der Waals surface area contributed by atoms with Crippen molar-refractivity contribution in [1.82, 2.24) is 4.90 Å². The molecule has 1 atom stereocenters. The lowest BCUT2D eigenvalue weighted by Crippen LogP contribution is -2.54. The number of sulfone groups is 1. The van der Waals surface area contributed by atoms with Gasteiger partial charge in [0.15, 0.2) is 16.1 Å². The van der Waals surface area contributed by atoms with Crippen LogP contribution in [0, 0.1) is 10.8 Å². The lowest BCUT2D eigenvalue weighted by atomic mass is 9.53. The van der Waals surface area contributed by atoms with Crippen molar-refractivity contribution in [2.75, 3.05) is 13.1 Å². The number of alkyl halides is 10. The average molecular weight is 706 g/mol. The molecule has 1 amide bonds. The maximum absolute atomic E-state index is 14.8. The summed E-state index contributed by atoms with van der Waals surface area (Å²) in [6.07, 6.45) is -18.5. The predicted molar refractivity (Wildman–Crippen MR) is 144 cm³/mol. The van der Waals surface area contributed by atoms with Crippen molar-refractivity contribution in [1.29, 1.82) is 0 Å². The van der Waals surface area contributed by atoms with Crippen molar-refractivity contribution in [3.63, 3.8) is 0 Å². The second kappa shape index (κ2) is 11.1. The van der Waals surface area contributed by atoms with E-state index in [0.717, 1.165) is 17.0 Å². The molecule has 3 saturated carbocycles. The van der Waals surface area contributed by atoms with Crippen LogP contribution in [0.3, 0.4) is 0 Å². The highest BCUT2D eigenvalue weighted by atomic mass is 32.2. The number of hydrogen-bond acceptors (Lipinski definition) is 5. The topological polar surface area (TPSA) is 94.9 Å². The summed E-state index contributed by atoms with van der Waals surface area (Å²) in [7, 11) is -4.97. The Morgan fingerprint density at radius 1 is 0.745 bits per heavy atom. The van der Waals surface area contributed by atoms with Crippen LogP contribution in [-0.4, -0.2) is 61.2 Å². The van der Waals surface area contributed by atoms with E-state index in [1.807, 2.05) is 0 Å². The van der Waals surface area contributed by atoms with Crippen molar-refractivity contribution in [2.45, 2.75) is 85.1 Å². The number of rotatable bonds is 6. The number of aliphatic hydroxyl groups is 2. The molecule has 17 heteroatoms. The number of likely N-dealkylation sites (tertiary alicyclic amines) is 1. The lowest BCUT2D eigenvalue weighted by molar-refractivity contribution is -0.348. The molecule has 1 aliphatic heterocycles. The molecule has 4 fully saturated rings. The first-order chi connectivity index (χ1) is 21.5. The Labute approximate surface area is 262 Å². The van der Waals surface area contributed by atoms with E-state index in [1.165, 1.54) is 0 Å². The molecule has 1 heterocycles. The van der Waals surface area contributed by atoms with Gasteiger partial charge in [-0.2, -0.15) is 39.5 Å². The molecule has 0 aromatic heterocycles. The van der Waals surface area contributed by atoms with E-state index in [4.69, 9.17) is 0 Å². The minimum atomic E-state index is -6.45. The summed E-state index contributed by atoms with van der Waals surface area (Å²) in [6, 6.07) is 3.99. The van der Waals surface area contributed by atoms with E-state index in [1.54, 1.807) is 0 Å². The molecule has 3 aliphatic carbocycles. The molecule has 2 bridgehead atoms. The van der Waals surface area contributed by atoms with Crippen molar-refractivity contribution in [3.8, 4) is 0 Å². The Hall–Kier alpha value is -2.92. The van der Waals surface area contributed by atoms with Crippen LogP contribution in [0.5, 0.6) is 0 Å². The Morgan fingerprint density at radius 3 is 1.74 bits per heavy atom. The summed E-state index contributed by atoms with van der Waals surface area (Å²) >= 11 is 0. The summed E-state index contributed by atoms with van der Waals surface area (Å²) in [5, 5.41) is 19.8. The number of carbonyl (C=O) groups excluding carboxylic acids is 1. The number of hydrogen-bond donors (Lipinski definition) is 2. The predicted octanol–water partition coefficient (Wildman–Crippen LogP) is 6.55. The van der Waals surface area contributed by atoms with Crippen LogP contribution >= 0.6 is 0 Å². The van der Waals surface area contributed by atoms with Gasteiger partial charge >= 0.3 is 24.2 Å². The van der Waals surface area contributed by atoms with Gasteiger partial charge in [-0.05, 0) is 68.7 Å². The smallest absolute Gasteiger partial charge is 0.368 e. The summed E-state index contributed by atoms with van der Waals surface area (Å²) in [5.41, 5.74) is -11.3. The van der Waals surface area contributed by atoms with Crippen LogP contribution in [-0.2, 0) is 31.2 Å². The summed E-state index contributed by atoms with van der Waals surface area (Å²) in [5.74, 6) is -0.507. The first-order valence-electron chi connectivity index (χ1n) is 14.5. The molecular weight excluding hydrogens is 676 g/mol. The molecule has 1 saturated heterocycles. The Morgan fingerprint density at radius 2 is 1.28 bits per heavy atom. The highest BCUT2D eigenvalue weighted by molar-refractivity contribution is 7.92. The molecule has 2 N–H and O–H groups in total. The molecule has 2 aromatic carbocycles. The highest BCUT2D eigenvalue weighted by Gasteiger charge is 2.73. The number of amides is 1. The third-order valence-corrected chi connectivity index (χ3v) is 12.9. The number of halogens is 10. The van der Waals surface area contributed by atoms with Crippen LogP contribution in [0.4, 0.5) is 43.9 Å². The number of fused-ring (bicyclic) bond motifs is 3. The van der Waals surface area contributed by atoms with Crippen molar-refractivity contribution >= 4 is 15.7 Å². The van der Waals surface area contributed by atoms with Gasteiger partial charge in [0.05, 0.1) is 10.5 Å². The minimum absolute atomic E-state index is 0.130. The Kier molecular flexibility index (Phi) is 8.32. The van der Waals surface area contributed by atoms with Gasteiger partial charge in [-0.15, -0.1) is 0 Å². The fraction of sp³-hybridized carbons (Fsp3) is 0.567. The van der Waals surface area contributed by atoms with E-state index in [-0.39, 0.29) is 57.2 Å². The first-order valence-corrected chi connectivity index (χ1v) is 16.0. The SMILES string of the molecule is O=C(N1CCC(c2ccc(C(F)(C(F)(F)F)C(F)(F)F)cc2)(S(=O)(=O)c2cccc(C(F)(F)F)c2)C1)C12CCC(C(O)O)(CC1)CC2. The molecule has 47 heavy (non-hydrogen) atoms. The highest BCUT2D eigenvalue weighted by Crippen LogP contribution is 2.59. The third kappa shape index (κ3) is 5.40. The lowest BCUT2D eigenvalue weighted by Gasteiger charge is -2.53. The van der Waals surface area contributed by atoms with Gasteiger partial charge in [0, 0.05) is 29.5 Å². The molecule has 0 radical (unpaired) electrons. The molecule has 1 unspecified atom stereocenters. The van der Waals surface area contributed by atoms with E-state index >= 15 is 0 Å². The summed E-state index contributed by atoms with van der Waals surface area (Å²) < 4.78 is 162. The number of carbonyl (C=O) groups is 1. The second-order valence-corrected chi connectivity index (χ2v) is 15.0. The van der Waals surface area contributed by atoms with E-state index < -0.39 is 96.4 Å². The maximum atomic E-state index is 14.8. The van der Waals surface area contributed by atoms with Gasteiger partial charge in [-0.1, -0.05) is 30.3 Å². The van der Waals surface area contributed by atoms with Crippen LogP contribution in [0.25, 0.3) is 0 Å². The number of benzene rings is 2. The zero-order chi connectivity index (χ0) is 35.1. The summed E-state index contributed by atoms with van der Waals surface area (Å²) in [4.78, 5) is 14.3. The average Bonchev–Trinajstić information content (AvgIpc) is 3.47. The van der Waals surface area contributed by atoms with Gasteiger partial charge in [0.1, 0.15) is 4.75 Å².